The van der Waals surface area contributed by atoms with E-state index in [0.29, 0.717) is 19.5 Å². The normalized spacial score (nSPS) is 15.7. The number of carbonyl (C=O) groups excluding carboxylic acids is 2. The lowest BCUT2D eigenvalue weighted by Crippen LogP contribution is -2.43. The molecule has 0 N–H and O–H groups in total. The third kappa shape index (κ3) is 4.01. The number of rotatable bonds is 4. The van der Waals surface area contributed by atoms with Gasteiger partial charge in [-0.2, -0.15) is 0 Å². The summed E-state index contributed by atoms with van der Waals surface area (Å²) >= 11 is 0. The summed E-state index contributed by atoms with van der Waals surface area (Å²) in [5, 5.41) is 2.19. The molecule has 0 spiro atoms. The van der Waals surface area contributed by atoms with Gasteiger partial charge in [0.05, 0.1) is 5.69 Å². The fraction of sp³-hybridized carbons (Fsp3) is 0.429. The maximum atomic E-state index is 13.0. The van der Waals surface area contributed by atoms with E-state index in [4.69, 9.17) is 0 Å². The smallest absolute Gasteiger partial charge is 0.246 e. The van der Waals surface area contributed by atoms with Crippen molar-refractivity contribution in [2.24, 2.45) is 0 Å². The molecule has 132 valence electrons. The van der Waals surface area contributed by atoms with Gasteiger partial charge in [-0.05, 0) is 31.2 Å². The molecule has 0 unspecified atom stereocenters. The Bertz CT molecular complexity index is 751. The van der Waals surface area contributed by atoms with Crippen LogP contribution in [0.5, 0.6) is 0 Å². The van der Waals surface area contributed by atoms with E-state index < -0.39 is 0 Å². The van der Waals surface area contributed by atoms with Crippen molar-refractivity contribution in [3.05, 3.63) is 42.5 Å². The standard InChI is InChI=1S/C21H26N2O2/c1-2-23(19-13-9-11-17-10-6-7-12-18(17)19)21(25)16-22-15-8-4-3-5-14-20(22)24/h6-7,9-13H,2-5,8,14-16H2,1H3. The number of fused-ring (bicyclic) bond motifs is 1. The zero-order valence-corrected chi connectivity index (χ0v) is 14.9. The molecule has 1 aliphatic rings. The number of carbonyl (C=O) groups is 2. The number of anilines is 1. The minimum Gasteiger partial charge on any atom is -0.333 e. The van der Waals surface area contributed by atoms with Crippen molar-refractivity contribution >= 4 is 28.3 Å². The summed E-state index contributed by atoms with van der Waals surface area (Å²) in [6, 6.07) is 14.1. The van der Waals surface area contributed by atoms with Gasteiger partial charge in [0.15, 0.2) is 0 Å². The zero-order chi connectivity index (χ0) is 17.6. The second-order valence-corrected chi connectivity index (χ2v) is 6.62. The highest BCUT2D eigenvalue weighted by Crippen LogP contribution is 2.27. The molecule has 0 saturated carbocycles. The van der Waals surface area contributed by atoms with E-state index in [0.717, 1.165) is 42.1 Å². The summed E-state index contributed by atoms with van der Waals surface area (Å²) in [6.45, 7) is 3.44. The summed E-state index contributed by atoms with van der Waals surface area (Å²) in [5.41, 5.74) is 0.921. The number of likely N-dealkylation sites (tertiary alicyclic amines) is 1. The summed E-state index contributed by atoms with van der Waals surface area (Å²) in [6.07, 6.45) is 4.74. The average molecular weight is 338 g/mol. The van der Waals surface area contributed by atoms with Gasteiger partial charge < -0.3 is 9.80 Å². The fourth-order valence-electron chi connectivity index (χ4n) is 3.56. The van der Waals surface area contributed by atoms with Crippen LogP contribution < -0.4 is 4.90 Å². The molecular weight excluding hydrogens is 312 g/mol. The Kier molecular flexibility index (Phi) is 5.69. The van der Waals surface area contributed by atoms with Crippen LogP contribution in [0.25, 0.3) is 10.8 Å². The number of hydrogen-bond donors (Lipinski definition) is 0. The molecule has 2 aromatic rings. The molecule has 3 rings (SSSR count). The van der Waals surface area contributed by atoms with Gasteiger partial charge in [0.2, 0.25) is 11.8 Å². The Morgan fingerprint density at radius 3 is 2.64 bits per heavy atom. The van der Waals surface area contributed by atoms with Crippen molar-refractivity contribution in [3.8, 4) is 0 Å². The molecule has 0 aliphatic carbocycles. The predicted octanol–water partition coefficient (Wildman–Crippen LogP) is 3.99. The highest BCUT2D eigenvalue weighted by Gasteiger charge is 2.22. The lowest BCUT2D eigenvalue weighted by Gasteiger charge is -2.28. The van der Waals surface area contributed by atoms with Crippen LogP contribution in [0, 0.1) is 0 Å². The molecule has 4 heteroatoms. The molecule has 1 heterocycles. The van der Waals surface area contributed by atoms with Gasteiger partial charge in [-0.25, -0.2) is 0 Å². The predicted molar refractivity (Wildman–Crippen MR) is 102 cm³/mol. The molecule has 0 radical (unpaired) electrons. The van der Waals surface area contributed by atoms with Crippen molar-refractivity contribution in [1.82, 2.24) is 4.90 Å². The van der Waals surface area contributed by atoms with E-state index >= 15 is 0 Å². The molecule has 1 saturated heterocycles. The molecule has 25 heavy (non-hydrogen) atoms. The number of likely N-dealkylation sites (N-methyl/N-ethyl adjacent to an activating group) is 1. The minimum atomic E-state index is -0.00669. The lowest BCUT2D eigenvalue weighted by atomic mass is 10.1. The third-order valence-corrected chi connectivity index (χ3v) is 4.92. The van der Waals surface area contributed by atoms with Crippen LogP contribution >= 0.6 is 0 Å². The quantitative estimate of drug-likeness (QED) is 0.846. The first-order valence-electron chi connectivity index (χ1n) is 9.26. The Morgan fingerprint density at radius 2 is 1.80 bits per heavy atom. The number of nitrogens with zero attached hydrogens (tertiary/aromatic N) is 2. The first-order valence-corrected chi connectivity index (χ1v) is 9.26. The summed E-state index contributed by atoms with van der Waals surface area (Å²) in [7, 11) is 0. The van der Waals surface area contributed by atoms with Gasteiger partial charge in [0, 0.05) is 24.9 Å². The van der Waals surface area contributed by atoms with Gasteiger partial charge in [-0.1, -0.05) is 49.2 Å². The Morgan fingerprint density at radius 1 is 1.04 bits per heavy atom. The van der Waals surface area contributed by atoms with E-state index in [-0.39, 0.29) is 18.4 Å². The molecular formula is C21H26N2O2. The summed E-state index contributed by atoms with van der Waals surface area (Å²) in [4.78, 5) is 28.8. The van der Waals surface area contributed by atoms with Crippen LogP contribution in [-0.4, -0.2) is 36.3 Å². The van der Waals surface area contributed by atoms with Crippen molar-refractivity contribution in [2.45, 2.75) is 39.0 Å². The van der Waals surface area contributed by atoms with Gasteiger partial charge in [0.25, 0.3) is 0 Å². The van der Waals surface area contributed by atoms with Crippen molar-refractivity contribution in [1.29, 1.82) is 0 Å². The molecule has 0 bridgehead atoms. The molecule has 0 aromatic heterocycles. The molecule has 0 atom stereocenters. The first-order chi connectivity index (χ1) is 12.2. The Balaban J connectivity index is 1.82. The van der Waals surface area contributed by atoms with Gasteiger partial charge >= 0.3 is 0 Å². The third-order valence-electron chi connectivity index (χ3n) is 4.92. The van der Waals surface area contributed by atoms with Crippen LogP contribution in [0.2, 0.25) is 0 Å². The SMILES string of the molecule is CCN(C(=O)CN1CCCCCCC1=O)c1cccc2ccccc12. The van der Waals surface area contributed by atoms with E-state index in [1.54, 1.807) is 9.80 Å². The molecule has 1 aliphatic heterocycles. The van der Waals surface area contributed by atoms with Crippen LogP contribution in [0.1, 0.15) is 39.0 Å². The Labute approximate surface area is 149 Å². The maximum absolute atomic E-state index is 13.0. The summed E-state index contributed by atoms with van der Waals surface area (Å²) < 4.78 is 0. The highest BCUT2D eigenvalue weighted by atomic mass is 16.2. The van der Waals surface area contributed by atoms with Crippen molar-refractivity contribution in [3.63, 3.8) is 0 Å². The molecule has 2 amide bonds. The number of hydrogen-bond acceptors (Lipinski definition) is 2. The fourth-order valence-corrected chi connectivity index (χ4v) is 3.56. The van der Waals surface area contributed by atoms with Crippen LogP contribution in [0.15, 0.2) is 42.5 Å². The molecule has 2 aromatic carbocycles. The second-order valence-electron chi connectivity index (χ2n) is 6.62. The number of amides is 2. The first kappa shape index (κ1) is 17.5. The Hall–Kier alpha value is -2.36. The maximum Gasteiger partial charge on any atom is 0.246 e. The van der Waals surface area contributed by atoms with Gasteiger partial charge in [-0.15, -0.1) is 0 Å². The second kappa shape index (κ2) is 8.15. The average Bonchev–Trinajstić information content (AvgIpc) is 2.62. The lowest BCUT2D eigenvalue weighted by molar-refractivity contribution is -0.135. The van der Waals surface area contributed by atoms with Crippen molar-refractivity contribution in [2.75, 3.05) is 24.5 Å². The van der Waals surface area contributed by atoms with E-state index in [1.807, 2.05) is 37.3 Å². The number of benzene rings is 2. The van der Waals surface area contributed by atoms with E-state index in [2.05, 4.69) is 12.1 Å². The van der Waals surface area contributed by atoms with Crippen molar-refractivity contribution < 1.29 is 9.59 Å². The van der Waals surface area contributed by atoms with Crippen LogP contribution in [-0.2, 0) is 9.59 Å². The van der Waals surface area contributed by atoms with Crippen LogP contribution in [0.4, 0.5) is 5.69 Å². The minimum absolute atomic E-state index is 0.00669. The largest absolute Gasteiger partial charge is 0.333 e. The zero-order valence-electron chi connectivity index (χ0n) is 14.9. The topological polar surface area (TPSA) is 40.6 Å². The van der Waals surface area contributed by atoms with Crippen LogP contribution in [0.3, 0.4) is 0 Å². The van der Waals surface area contributed by atoms with Gasteiger partial charge in [-0.3, -0.25) is 9.59 Å². The highest BCUT2D eigenvalue weighted by molar-refractivity contribution is 6.05. The van der Waals surface area contributed by atoms with E-state index in [9.17, 15) is 9.59 Å². The van der Waals surface area contributed by atoms with E-state index in [1.165, 1.54) is 0 Å². The summed E-state index contributed by atoms with van der Waals surface area (Å²) in [5.74, 6) is 0.106. The molecule has 1 fully saturated rings. The molecule has 4 nitrogen and oxygen atoms in total. The van der Waals surface area contributed by atoms with Gasteiger partial charge in [0.1, 0.15) is 6.54 Å². The monoisotopic (exact) mass is 338 g/mol.